The van der Waals surface area contributed by atoms with Gasteiger partial charge in [-0.25, -0.2) is 0 Å². The Morgan fingerprint density at radius 2 is 1.39 bits per heavy atom. The standard InChI is InChI=1S/C49H82O2/c1-10-11-12-13-14-15-16-17-18-19-20-21-22-23-24-25-44(50)51-43-31-33-48-36-49(48)35-34-46(8)40(39(5)27-26-38(4)37(2)3)30-32-47(46,9)42(49)29-28-41(48)45(43,6)7/h14-15,17-18,38-43H,2,10-13,16,19-36H2,1,3-9H3. The van der Waals surface area contributed by atoms with E-state index in [1.807, 2.05) is 0 Å². The lowest BCUT2D eigenvalue weighted by atomic mass is 9.41. The number of fused-ring (bicyclic) bond motifs is 2. The zero-order valence-corrected chi connectivity index (χ0v) is 35.1. The summed E-state index contributed by atoms with van der Waals surface area (Å²) in [5.41, 5.74) is 3.46. The van der Waals surface area contributed by atoms with Gasteiger partial charge in [0, 0.05) is 11.8 Å². The number of carbonyl (C=O) groups excluding carboxylic acids is 1. The van der Waals surface area contributed by atoms with Gasteiger partial charge in [-0.15, -0.1) is 0 Å². The van der Waals surface area contributed by atoms with Gasteiger partial charge in [0.1, 0.15) is 6.10 Å². The Balaban J connectivity index is 1.05. The summed E-state index contributed by atoms with van der Waals surface area (Å²) in [6.07, 6.45) is 38.4. The van der Waals surface area contributed by atoms with Crippen LogP contribution in [0.4, 0.5) is 0 Å². The molecule has 5 saturated carbocycles. The molecular formula is C49H82O2. The van der Waals surface area contributed by atoms with E-state index in [1.54, 1.807) is 0 Å². The molecule has 0 heterocycles. The van der Waals surface area contributed by atoms with E-state index in [2.05, 4.69) is 86.3 Å². The van der Waals surface area contributed by atoms with Gasteiger partial charge in [0.05, 0.1) is 0 Å². The van der Waals surface area contributed by atoms with E-state index in [0.717, 1.165) is 43.4 Å². The van der Waals surface area contributed by atoms with Gasteiger partial charge in [-0.2, -0.15) is 0 Å². The van der Waals surface area contributed by atoms with E-state index in [1.165, 1.54) is 121 Å². The third kappa shape index (κ3) is 8.07. The molecule has 0 aromatic carbocycles. The Morgan fingerprint density at radius 3 is 2.10 bits per heavy atom. The monoisotopic (exact) mass is 703 g/mol. The molecule has 10 atom stereocenters. The third-order valence-electron chi connectivity index (χ3n) is 17.3. The van der Waals surface area contributed by atoms with Gasteiger partial charge in [-0.1, -0.05) is 117 Å². The van der Waals surface area contributed by atoms with Crippen molar-refractivity contribution in [2.75, 3.05) is 0 Å². The first-order chi connectivity index (χ1) is 24.3. The van der Waals surface area contributed by atoms with Crippen LogP contribution < -0.4 is 0 Å². The number of rotatable bonds is 20. The molecule has 0 saturated heterocycles. The van der Waals surface area contributed by atoms with Crippen LogP contribution in [0, 0.1) is 56.7 Å². The lowest BCUT2D eigenvalue weighted by molar-refractivity contribution is -0.183. The highest BCUT2D eigenvalue weighted by Crippen LogP contribution is 2.89. The summed E-state index contributed by atoms with van der Waals surface area (Å²) in [6.45, 7) is 24.2. The zero-order chi connectivity index (χ0) is 36.9. The third-order valence-corrected chi connectivity index (χ3v) is 17.3. The zero-order valence-electron chi connectivity index (χ0n) is 35.1. The van der Waals surface area contributed by atoms with E-state index in [9.17, 15) is 4.79 Å². The fourth-order valence-corrected chi connectivity index (χ4v) is 13.8. The number of ether oxygens (including phenoxy) is 1. The van der Waals surface area contributed by atoms with Gasteiger partial charge in [0.25, 0.3) is 0 Å². The molecule has 0 bridgehead atoms. The van der Waals surface area contributed by atoms with Crippen LogP contribution in [0.3, 0.4) is 0 Å². The number of allylic oxidation sites excluding steroid dienone is 5. The SMILES string of the molecule is C=C(C)C(C)CCC(C)C1CCC2(C)C3CCC4C(C)(C)C(OC(=O)CCCCCCCC=CCC=CCCCCC)CCC45CC35CCC12C. The second-order valence-electron chi connectivity index (χ2n) is 20.3. The van der Waals surface area contributed by atoms with Crippen molar-refractivity contribution in [2.45, 2.75) is 209 Å². The molecule has 0 radical (unpaired) electrons. The van der Waals surface area contributed by atoms with E-state index in [0.29, 0.717) is 39.9 Å². The van der Waals surface area contributed by atoms with Crippen LogP contribution in [-0.2, 0) is 9.53 Å². The van der Waals surface area contributed by atoms with Crippen molar-refractivity contribution in [3.8, 4) is 0 Å². The summed E-state index contributed by atoms with van der Waals surface area (Å²) < 4.78 is 6.41. The molecule has 10 unspecified atom stereocenters. The molecule has 5 aliphatic rings. The average molecular weight is 703 g/mol. The van der Waals surface area contributed by atoms with Crippen molar-refractivity contribution in [3.63, 3.8) is 0 Å². The topological polar surface area (TPSA) is 26.3 Å². The highest BCUT2D eigenvalue weighted by Gasteiger charge is 2.82. The molecule has 2 spiro atoms. The van der Waals surface area contributed by atoms with Gasteiger partial charge in [-0.3, -0.25) is 4.79 Å². The minimum atomic E-state index is 0.0682. The summed E-state index contributed by atoms with van der Waals surface area (Å²) in [7, 11) is 0. The Bertz CT molecular complexity index is 1220. The minimum absolute atomic E-state index is 0.0682. The fraction of sp³-hybridized carbons (Fsp3) is 0.857. The van der Waals surface area contributed by atoms with E-state index >= 15 is 0 Å². The summed E-state index contributed by atoms with van der Waals surface area (Å²) in [5.74, 6) is 3.99. The van der Waals surface area contributed by atoms with Crippen molar-refractivity contribution in [2.24, 2.45) is 56.7 Å². The first-order valence-electron chi connectivity index (χ1n) is 22.4. The number of hydrogen-bond acceptors (Lipinski definition) is 2. The molecule has 5 fully saturated rings. The predicted molar refractivity (Wildman–Crippen MR) is 218 cm³/mol. The number of hydrogen-bond donors (Lipinski definition) is 0. The molecule has 0 amide bonds. The van der Waals surface area contributed by atoms with Crippen LogP contribution in [0.1, 0.15) is 203 Å². The first kappa shape index (κ1) is 40.9. The smallest absolute Gasteiger partial charge is 0.306 e. The summed E-state index contributed by atoms with van der Waals surface area (Å²) in [4.78, 5) is 13.2. The van der Waals surface area contributed by atoms with Crippen molar-refractivity contribution < 1.29 is 9.53 Å². The van der Waals surface area contributed by atoms with Crippen LogP contribution in [-0.4, -0.2) is 12.1 Å². The lowest BCUT2D eigenvalue weighted by Crippen LogP contribution is -2.58. The van der Waals surface area contributed by atoms with Crippen molar-refractivity contribution >= 4 is 5.97 Å². The Labute approximate surface area is 316 Å². The van der Waals surface area contributed by atoms with Gasteiger partial charge in [0.2, 0.25) is 0 Å². The van der Waals surface area contributed by atoms with Crippen LogP contribution in [0.25, 0.3) is 0 Å². The molecule has 0 aromatic rings. The van der Waals surface area contributed by atoms with Gasteiger partial charge < -0.3 is 4.74 Å². The quantitative estimate of drug-likeness (QED) is 0.0717. The number of carbonyl (C=O) groups is 1. The van der Waals surface area contributed by atoms with Crippen LogP contribution in [0.15, 0.2) is 36.5 Å². The molecule has 0 aromatic heterocycles. The maximum absolute atomic E-state index is 13.2. The van der Waals surface area contributed by atoms with Crippen LogP contribution in [0.2, 0.25) is 0 Å². The average Bonchev–Trinajstić information content (AvgIpc) is 3.67. The molecule has 5 aliphatic carbocycles. The maximum atomic E-state index is 13.2. The Morgan fingerprint density at radius 1 is 0.745 bits per heavy atom. The first-order valence-corrected chi connectivity index (χ1v) is 22.4. The second-order valence-corrected chi connectivity index (χ2v) is 20.3. The van der Waals surface area contributed by atoms with Crippen molar-refractivity contribution in [3.05, 3.63) is 36.5 Å². The number of esters is 1. The maximum Gasteiger partial charge on any atom is 0.306 e. The summed E-state index contributed by atoms with van der Waals surface area (Å²) in [6, 6.07) is 0. The highest BCUT2D eigenvalue weighted by atomic mass is 16.5. The van der Waals surface area contributed by atoms with E-state index in [-0.39, 0.29) is 17.5 Å². The number of unbranched alkanes of at least 4 members (excludes halogenated alkanes) is 8. The summed E-state index contributed by atoms with van der Waals surface area (Å²) in [5, 5.41) is 0. The molecule has 0 N–H and O–H groups in total. The van der Waals surface area contributed by atoms with Crippen molar-refractivity contribution in [1.82, 2.24) is 0 Å². The Kier molecular flexibility index (Phi) is 13.6. The second kappa shape index (κ2) is 17.0. The molecule has 290 valence electrons. The molecule has 5 rings (SSSR count). The molecule has 51 heavy (non-hydrogen) atoms. The van der Waals surface area contributed by atoms with Crippen LogP contribution >= 0.6 is 0 Å². The van der Waals surface area contributed by atoms with Gasteiger partial charge >= 0.3 is 5.97 Å². The highest BCUT2D eigenvalue weighted by molar-refractivity contribution is 5.69. The Hall–Kier alpha value is -1.31. The van der Waals surface area contributed by atoms with E-state index in [4.69, 9.17) is 4.74 Å². The molecule has 2 nitrogen and oxygen atoms in total. The molecule has 2 heteroatoms. The fourth-order valence-electron chi connectivity index (χ4n) is 13.8. The normalized spacial score (nSPS) is 37.7. The predicted octanol–water partition coefficient (Wildman–Crippen LogP) is 14.8. The molecule has 0 aliphatic heterocycles. The molecular weight excluding hydrogens is 621 g/mol. The van der Waals surface area contributed by atoms with Gasteiger partial charge in [0.15, 0.2) is 0 Å². The van der Waals surface area contributed by atoms with Crippen molar-refractivity contribution in [1.29, 1.82) is 0 Å². The summed E-state index contributed by atoms with van der Waals surface area (Å²) >= 11 is 0. The largest absolute Gasteiger partial charge is 0.462 e. The van der Waals surface area contributed by atoms with Crippen LogP contribution in [0.5, 0.6) is 0 Å². The van der Waals surface area contributed by atoms with Gasteiger partial charge in [-0.05, 0) is 167 Å². The minimum Gasteiger partial charge on any atom is -0.462 e. The lowest BCUT2D eigenvalue weighted by Gasteiger charge is -2.63. The van der Waals surface area contributed by atoms with E-state index < -0.39 is 0 Å².